The molecular weight excluding hydrogens is 558 g/mol. The van der Waals surface area contributed by atoms with E-state index in [1.54, 1.807) is 6.92 Å². The third-order valence-electron chi connectivity index (χ3n) is 7.09. The van der Waals surface area contributed by atoms with Crippen LogP contribution in [0, 0.1) is 35.0 Å². The third kappa shape index (κ3) is 6.87. The van der Waals surface area contributed by atoms with Crippen LogP contribution in [-0.4, -0.2) is 90.8 Å². The number of guanidine groups is 1. The SMILES string of the molecule is C[C@H]1C[C@H](O[C@H]2C[C@@H](N=O)[C@@H](N=O)C(CN=O)O2)[C@H](OC2CC(N=O)C(N(N)C(=NN)NN=N)[C@H](N=O)[C@@H]2N=O)O1. The first-order chi connectivity index (χ1) is 19.8. The van der Waals surface area contributed by atoms with Crippen LogP contribution >= 0.6 is 0 Å². The van der Waals surface area contributed by atoms with Crippen LogP contribution in [0.5, 0.6) is 0 Å². The summed E-state index contributed by atoms with van der Waals surface area (Å²) in [5.74, 6) is 10.8. The molecule has 3 fully saturated rings. The first-order valence-corrected chi connectivity index (χ1v) is 12.3. The van der Waals surface area contributed by atoms with Crippen LogP contribution < -0.4 is 17.1 Å². The van der Waals surface area contributed by atoms with Crippen molar-refractivity contribution in [2.24, 2.45) is 53.1 Å². The fraction of sp³-hybridized carbons (Fsp3) is 0.944. The highest BCUT2D eigenvalue weighted by Crippen LogP contribution is 2.36. The van der Waals surface area contributed by atoms with Crippen LogP contribution in [0.15, 0.2) is 41.4 Å². The van der Waals surface area contributed by atoms with Crippen molar-refractivity contribution in [1.29, 1.82) is 5.53 Å². The van der Waals surface area contributed by atoms with Crippen LogP contribution in [0.25, 0.3) is 0 Å². The largest absolute Gasteiger partial charge is 0.347 e. The lowest BCUT2D eigenvalue weighted by atomic mass is 9.81. The van der Waals surface area contributed by atoms with Crippen molar-refractivity contribution in [2.45, 2.75) is 99.4 Å². The number of hydrogen-bond acceptors (Lipinski definition) is 21. The van der Waals surface area contributed by atoms with Gasteiger partial charge in [-0.05, 0) is 6.92 Å². The zero-order chi connectivity index (χ0) is 30.1. The van der Waals surface area contributed by atoms with Gasteiger partial charge in [0.1, 0.15) is 55.0 Å². The molecule has 2 aliphatic heterocycles. The molecule has 23 heteroatoms. The Morgan fingerprint density at radius 2 is 1.59 bits per heavy atom. The zero-order valence-corrected chi connectivity index (χ0v) is 21.5. The molecule has 1 aliphatic carbocycles. The van der Waals surface area contributed by atoms with Crippen LogP contribution in [0.4, 0.5) is 0 Å². The highest BCUT2D eigenvalue weighted by Gasteiger charge is 2.53. The normalized spacial score (nSPS) is 39.2. The van der Waals surface area contributed by atoms with Crippen molar-refractivity contribution in [2.75, 3.05) is 6.54 Å². The maximum Gasteiger partial charge on any atom is 0.252 e. The molecule has 0 radical (unpaired) electrons. The van der Waals surface area contributed by atoms with E-state index in [-0.39, 0.29) is 19.3 Å². The Hall–Kier alpha value is -3.93. The van der Waals surface area contributed by atoms with E-state index in [2.05, 4.69) is 46.8 Å². The number of hydrazine groups is 1. The maximum absolute atomic E-state index is 11.9. The molecule has 3 aliphatic rings. The van der Waals surface area contributed by atoms with Gasteiger partial charge in [-0.2, -0.15) is 35.0 Å². The van der Waals surface area contributed by atoms with Crippen LogP contribution in [-0.2, 0) is 18.9 Å². The molecule has 2 heterocycles. The first-order valence-electron chi connectivity index (χ1n) is 12.3. The molecule has 6 N–H and O–H groups in total. The van der Waals surface area contributed by atoms with E-state index in [4.69, 9.17) is 36.2 Å². The van der Waals surface area contributed by atoms with Gasteiger partial charge in [-0.15, -0.1) is 5.10 Å². The summed E-state index contributed by atoms with van der Waals surface area (Å²) < 4.78 is 23.3. The summed E-state index contributed by atoms with van der Waals surface area (Å²) in [6, 6.07) is -8.14. The van der Waals surface area contributed by atoms with Crippen LogP contribution in [0.3, 0.4) is 0 Å². The van der Waals surface area contributed by atoms with Gasteiger partial charge in [0, 0.05) is 19.3 Å². The standard InChI is InChI=1S/C18H29N13O10/c1-6-2-10(39-12-4-7(25-33)13(27-35)11(40-12)5-22-32)17(38-6)41-9-3-8(26-34)16(15(29-37)14(9)28-36)31(21)18(23-19)24-30-20/h6-17H,2-5,19,21H2,1H3,(H2,20,23,24)/t6-,7+,8?,9?,10-,11?,12+,13+,14+,15+,16?,17-/m0/s1. The monoisotopic (exact) mass is 587 g/mol. The molecule has 3 rings (SSSR count). The molecule has 1 saturated carbocycles. The Labute approximate surface area is 230 Å². The van der Waals surface area contributed by atoms with Gasteiger partial charge >= 0.3 is 0 Å². The quantitative estimate of drug-likeness (QED) is 0.0557. The van der Waals surface area contributed by atoms with E-state index in [1.807, 2.05) is 0 Å². The number of hydrogen-bond donors (Lipinski definition) is 4. The van der Waals surface area contributed by atoms with E-state index < -0.39 is 85.8 Å². The average Bonchev–Trinajstić information content (AvgIpc) is 3.32. The smallest absolute Gasteiger partial charge is 0.252 e. The second-order valence-corrected chi connectivity index (χ2v) is 9.49. The highest BCUT2D eigenvalue weighted by molar-refractivity contribution is 5.79. The van der Waals surface area contributed by atoms with Crippen LogP contribution in [0.1, 0.15) is 26.2 Å². The number of nitrogens with one attached hydrogen (secondary N) is 2. The minimum absolute atomic E-state index is 0.166. The van der Waals surface area contributed by atoms with E-state index in [0.717, 1.165) is 0 Å². The average molecular weight is 588 g/mol. The van der Waals surface area contributed by atoms with Gasteiger partial charge < -0.3 is 24.8 Å². The van der Waals surface area contributed by atoms with Gasteiger partial charge in [-0.25, -0.2) is 11.3 Å². The van der Waals surface area contributed by atoms with E-state index in [9.17, 15) is 29.4 Å². The Morgan fingerprint density at radius 1 is 0.902 bits per heavy atom. The van der Waals surface area contributed by atoms with Gasteiger partial charge in [-0.3, -0.25) is 5.01 Å². The Bertz CT molecular complexity index is 1010. The topological polar surface area (TPSA) is 329 Å². The molecule has 0 aromatic rings. The Balaban J connectivity index is 1.79. The molecule has 0 amide bonds. The summed E-state index contributed by atoms with van der Waals surface area (Å²) in [5, 5.41) is 24.3. The summed E-state index contributed by atoms with van der Waals surface area (Å²) in [7, 11) is 0. The molecule has 0 aromatic carbocycles. The summed E-state index contributed by atoms with van der Waals surface area (Å²) >= 11 is 0. The summed E-state index contributed by atoms with van der Waals surface area (Å²) in [4.78, 5) is 68.9. The van der Waals surface area contributed by atoms with Crippen molar-refractivity contribution in [3.8, 4) is 0 Å². The number of ether oxygens (including phenoxy) is 4. The van der Waals surface area contributed by atoms with Gasteiger partial charge in [0.25, 0.3) is 5.96 Å². The number of nitrogens with two attached hydrogens (primary N) is 2. The zero-order valence-electron chi connectivity index (χ0n) is 21.5. The molecule has 12 atom stereocenters. The van der Waals surface area contributed by atoms with Crippen molar-refractivity contribution in [3.63, 3.8) is 0 Å². The van der Waals surface area contributed by atoms with Gasteiger partial charge in [-0.1, -0.05) is 36.3 Å². The van der Waals surface area contributed by atoms with Crippen molar-refractivity contribution in [3.05, 3.63) is 29.4 Å². The van der Waals surface area contributed by atoms with Crippen molar-refractivity contribution >= 4 is 5.96 Å². The minimum Gasteiger partial charge on any atom is -0.347 e. The molecule has 0 aromatic heterocycles. The lowest BCUT2D eigenvalue weighted by molar-refractivity contribution is -0.265. The van der Waals surface area contributed by atoms with Gasteiger partial charge in [0.05, 0.1) is 12.2 Å². The Morgan fingerprint density at radius 3 is 2.15 bits per heavy atom. The molecule has 0 spiro atoms. The summed E-state index contributed by atoms with van der Waals surface area (Å²) in [6.45, 7) is 1.22. The van der Waals surface area contributed by atoms with Crippen molar-refractivity contribution < 1.29 is 18.9 Å². The fourth-order valence-electron chi connectivity index (χ4n) is 5.25. The number of hydrazone groups is 1. The molecule has 2 saturated heterocycles. The summed E-state index contributed by atoms with van der Waals surface area (Å²) in [5.41, 5.74) is 8.98. The molecule has 226 valence electrons. The number of nitroso groups, excluding NO2 is 6. The summed E-state index contributed by atoms with van der Waals surface area (Å²) in [6.07, 6.45) is -6.23. The number of rotatable bonds is 13. The Kier molecular flexibility index (Phi) is 11.3. The van der Waals surface area contributed by atoms with Crippen molar-refractivity contribution in [1.82, 2.24) is 10.4 Å². The molecular formula is C18H29N13O10. The van der Waals surface area contributed by atoms with E-state index >= 15 is 0 Å². The highest BCUT2D eigenvalue weighted by atomic mass is 16.7. The predicted octanol–water partition coefficient (Wildman–Crippen LogP) is 0.161. The van der Waals surface area contributed by atoms with Gasteiger partial charge in [0.15, 0.2) is 12.6 Å². The predicted molar refractivity (Wildman–Crippen MR) is 135 cm³/mol. The number of nitrogens with zero attached hydrogens (tertiary/aromatic N) is 9. The van der Waals surface area contributed by atoms with E-state index in [1.165, 1.54) is 0 Å². The lowest BCUT2D eigenvalue weighted by Crippen LogP contribution is -2.65. The maximum atomic E-state index is 11.9. The molecule has 0 bridgehead atoms. The van der Waals surface area contributed by atoms with E-state index in [0.29, 0.717) is 5.01 Å². The second kappa shape index (κ2) is 14.6. The van der Waals surface area contributed by atoms with Gasteiger partial charge in [0.2, 0.25) is 0 Å². The molecule has 41 heavy (non-hydrogen) atoms. The lowest BCUT2D eigenvalue weighted by Gasteiger charge is -2.43. The van der Waals surface area contributed by atoms with Crippen LogP contribution in [0.2, 0.25) is 0 Å². The fourth-order valence-corrected chi connectivity index (χ4v) is 5.25. The molecule has 4 unspecified atom stereocenters. The molecule has 23 nitrogen and oxygen atoms in total. The second-order valence-electron chi connectivity index (χ2n) is 9.49. The first kappa shape index (κ1) is 31.6. The third-order valence-corrected chi connectivity index (χ3v) is 7.09. The minimum atomic E-state index is -1.59.